The van der Waals surface area contributed by atoms with Crippen molar-refractivity contribution in [1.82, 2.24) is 8.94 Å². The van der Waals surface area contributed by atoms with Crippen LogP contribution in [-0.4, -0.2) is 23.7 Å². The zero-order valence-electron chi connectivity index (χ0n) is 14.3. The van der Waals surface area contributed by atoms with E-state index in [1.807, 2.05) is 0 Å². The fourth-order valence-corrected chi connectivity index (χ4v) is 3.14. The molecule has 3 aromatic rings. The SMILES string of the molecule is O=c1[nH]s/c(=N/c2c([N+](=O)[O-])cc([N+](=O)[O-])cc2[N+](=O)[O-])n1Cc1ccccc1. The molecule has 1 aromatic heterocycles. The third-order valence-electron chi connectivity index (χ3n) is 3.76. The zero-order valence-corrected chi connectivity index (χ0v) is 15.1. The number of benzene rings is 2. The second-order valence-electron chi connectivity index (χ2n) is 5.58. The molecule has 148 valence electrons. The lowest BCUT2D eigenvalue weighted by molar-refractivity contribution is -0.402. The molecular weight excluding hydrogens is 408 g/mol. The average Bonchev–Trinajstić information content (AvgIpc) is 3.01. The second kappa shape index (κ2) is 7.81. The van der Waals surface area contributed by atoms with Crippen molar-refractivity contribution in [2.75, 3.05) is 0 Å². The van der Waals surface area contributed by atoms with Gasteiger partial charge >= 0.3 is 17.1 Å². The van der Waals surface area contributed by atoms with Gasteiger partial charge in [-0.05, 0) is 17.1 Å². The monoisotopic (exact) mass is 418 g/mol. The third kappa shape index (κ3) is 4.06. The minimum Gasteiger partial charge on any atom is -0.263 e. The van der Waals surface area contributed by atoms with Crippen molar-refractivity contribution in [3.63, 3.8) is 0 Å². The van der Waals surface area contributed by atoms with Gasteiger partial charge in [0.15, 0.2) is 0 Å². The zero-order chi connectivity index (χ0) is 21.1. The van der Waals surface area contributed by atoms with Gasteiger partial charge in [-0.1, -0.05) is 30.3 Å². The highest BCUT2D eigenvalue weighted by Gasteiger charge is 2.30. The Hall–Kier alpha value is -4.20. The summed E-state index contributed by atoms with van der Waals surface area (Å²) in [5.74, 6) is 0. The van der Waals surface area contributed by atoms with Gasteiger partial charge in [-0.3, -0.25) is 39.3 Å². The van der Waals surface area contributed by atoms with E-state index in [9.17, 15) is 35.1 Å². The number of hydrogen-bond donors (Lipinski definition) is 1. The van der Waals surface area contributed by atoms with Gasteiger partial charge in [0.05, 0.1) is 33.4 Å². The molecular formula is C15H10N6O7S. The number of nitrogens with zero attached hydrogens (tertiary/aromatic N) is 5. The van der Waals surface area contributed by atoms with Gasteiger partial charge in [0, 0.05) is 0 Å². The molecule has 14 heteroatoms. The highest BCUT2D eigenvalue weighted by atomic mass is 32.1. The number of hydrogen-bond acceptors (Lipinski definition) is 9. The molecule has 0 aliphatic carbocycles. The summed E-state index contributed by atoms with van der Waals surface area (Å²) in [6, 6.07) is 9.93. The second-order valence-corrected chi connectivity index (χ2v) is 6.35. The van der Waals surface area contributed by atoms with Crippen molar-refractivity contribution in [2.24, 2.45) is 4.99 Å². The van der Waals surface area contributed by atoms with E-state index in [1.54, 1.807) is 30.3 Å². The molecule has 13 nitrogen and oxygen atoms in total. The predicted molar refractivity (Wildman–Crippen MR) is 100 cm³/mol. The van der Waals surface area contributed by atoms with Crippen LogP contribution in [0.15, 0.2) is 52.3 Å². The summed E-state index contributed by atoms with van der Waals surface area (Å²) in [6.45, 7) is 0.0626. The van der Waals surface area contributed by atoms with E-state index < -0.39 is 43.2 Å². The molecule has 0 fully saturated rings. The van der Waals surface area contributed by atoms with Crippen LogP contribution < -0.4 is 10.5 Å². The molecule has 0 saturated heterocycles. The lowest BCUT2D eigenvalue weighted by atomic mass is 10.2. The van der Waals surface area contributed by atoms with Gasteiger partial charge < -0.3 is 0 Å². The maximum absolute atomic E-state index is 12.1. The Labute approximate surface area is 163 Å². The first kappa shape index (κ1) is 19.6. The molecule has 1 heterocycles. The first-order valence-corrected chi connectivity index (χ1v) is 8.57. The molecule has 0 aliphatic heterocycles. The molecule has 3 rings (SSSR count). The van der Waals surface area contributed by atoms with Crippen LogP contribution >= 0.6 is 11.5 Å². The van der Waals surface area contributed by atoms with E-state index in [4.69, 9.17) is 0 Å². The molecule has 0 aliphatic rings. The first-order valence-electron chi connectivity index (χ1n) is 7.76. The van der Waals surface area contributed by atoms with Crippen molar-refractivity contribution < 1.29 is 14.8 Å². The normalized spacial score (nSPS) is 11.4. The molecule has 2 aromatic carbocycles. The lowest BCUT2D eigenvalue weighted by Crippen LogP contribution is -2.27. The van der Waals surface area contributed by atoms with Crippen LogP contribution in [0, 0.1) is 30.3 Å². The lowest BCUT2D eigenvalue weighted by Gasteiger charge is -2.02. The number of non-ortho nitro benzene ring substituents is 1. The summed E-state index contributed by atoms with van der Waals surface area (Å²) < 4.78 is 3.56. The van der Waals surface area contributed by atoms with E-state index in [2.05, 4.69) is 9.37 Å². The topological polar surface area (TPSA) is 180 Å². The molecule has 29 heavy (non-hydrogen) atoms. The summed E-state index contributed by atoms with van der Waals surface area (Å²) >= 11 is 0.721. The smallest absolute Gasteiger partial charge is 0.263 e. The number of aromatic nitrogens is 2. The average molecular weight is 418 g/mol. The van der Waals surface area contributed by atoms with E-state index in [-0.39, 0.29) is 11.3 Å². The van der Waals surface area contributed by atoms with Gasteiger partial charge in [0.1, 0.15) is 0 Å². The first-order chi connectivity index (χ1) is 13.8. The van der Waals surface area contributed by atoms with Crippen LogP contribution in [0.25, 0.3) is 0 Å². The fourth-order valence-electron chi connectivity index (χ4n) is 2.46. The quantitative estimate of drug-likeness (QED) is 0.470. The summed E-state index contributed by atoms with van der Waals surface area (Å²) in [6.07, 6.45) is 0. The van der Waals surface area contributed by atoms with Crippen LogP contribution in [0.1, 0.15) is 5.56 Å². The van der Waals surface area contributed by atoms with Gasteiger partial charge in [-0.25, -0.2) is 9.79 Å². The van der Waals surface area contributed by atoms with Crippen molar-refractivity contribution in [3.05, 3.63) is 93.7 Å². The summed E-state index contributed by atoms with van der Waals surface area (Å²) in [5, 5.41) is 33.7. The van der Waals surface area contributed by atoms with Gasteiger partial charge in [-0.2, -0.15) is 0 Å². The fraction of sp³-hybridized carbons (Fsp3) is 0.0667. The van der Waals surface area contributed by atoms with E-state index in [1.165, 1.54) is 0 Å². The largest absolute Gasteiger partial charge is 0.337 e. The van der Waals surface area contributed by atoms with Gasteiger partial charge in [0.2, 0.25) is 10.5 Å². The Balaban J connectivity index is 2.26. The minimum absolute atomic E-state index is 0.0626. The molecule has 0 unspecified atom stereocenters. The van der Waals surface area contributed by atoms with Crippen LogP contribution in [-0.2, 0) is 6.54 Å². The van der Waals surface area contributed by atoms with Gasteiger partial charge in [-0.15, -0.1) is 0 Å². The number of nitro groups is 3. The molecule has 0 bridgehead atoms. The van der Waals surface area contributed by atoms with E-state index >= 15 is 0 Å². The van der Waals surface area contributed by atoms with E-state index in [0.717, 1.165) is 21.7 Å². The summed E-state index contributed by atoms with van der Waals surface area (Å²) in [7, 11) is 0. The van der Waals surface area contributed by atoms with Crippen molar-refractivity contribution in [3.8, 4) is 0 Å². The minimum atomic E-state index is -1.00. The van der Waals surface area contributed by atoms with Crippen LogP contribution in [0.5, 0.6) is 0 Å². The number of H-pyrrole nitrogens is 1. The molecule has 0 saturated carbocycles. The van der Waals surface area contributed by atoms with Gasteiger partial charge in [0.25, 0.3) is 5.69 Å². The molecule has 0 atom stereocenters. The third-order valence-corrected chi connectivity index (χ3v) is 4.53. The van der Waals surface area contributed by atoms with Crippen LogP contribution in [0.4, 0.5) is 22.7 Å². The number of rotatable bonds is 6. The highest BCUT2D eigenvalue weighted by molar-refractivity contribution is 7.02. The molecule has 0 spiro atoms. The Bertz CT molecular complexity index is 1210. The van der Waals surface area contributed by atoms with Crippen molar-refractivity contribution in [2.45, 2.75) is 6.54 Å². The molecule has 0 amide bonds. The Morgan fingerprint density at radius 3 is 2.07 bits per heavy atom. The Morgan fingerprint density at radius 1 is 0.966 bits per heavy atom. The highest BCUT2D eigenvalue weighted by Crippen LogP contribution is 2.40. The van der Waals surface area contributed by atoms with Crippen molar-refractivity contribution >= 4 is 34.3 Å². The standard InChI is InChI=1S/C15H10N6O7S/c22-14-17-29-15(18(14)8-9-4-2-1-3-5-9)16-13-11(20(25)26)6-10(19(23)24)7-12(13)21(27)28/h1-7H,8H2,(H,17,22)/b16-15+. The number of nitrogens with one attached hydrogen (secondary N) is 1. The van der Waals surface area contributed by atoms with Crippen LogP contribution in [0.2, 0.25) is 0 Å². The Kier molecular flexibility index (Phi) is 5.27. The Morgan fingerprint density at radius 2 is 1.55 bits per heavy atom. The predicted octanol–water partition coefficient (Wildman–Crippen LogP) is 2.24. The number of nitro benzene ring substituents is 3. The maximum atomic E-state index is 12.1. The summed E-state index contributed by atoms with van der Waals surface area (Å²) in [5.41, 5.74) is -3.18. The maximum Gasteiger partial charge on any atom is 0.337 e. The van der Waals surface area contributed by atoms with Crippen molar-refractivity contribution in [1.29, 1.82) is 0 Å². The van der Waals surface area contributed by atoms with E-state index in [0.29, 0.717) is 12.1 Å². The van der Waals surface area contributed by atoms with Crippen LogP contribution in [0.3, 0.4) is 0 Å². The number of aromatic amines is 1. The molecule has 1 N–H and O–H groups in total. The summed E-state index contributed by atoms with van der Waals surface area (Å²) in [4.78, 5) is 46.7. The molecule has 0 radical (unpaired) electrons.